The van der Waals surface area contributed by atoms with Gasteiger partial charge in [-0.25, -0.2) is 4.39 Å². The van der Waals surface area contributed by atoms with Crippen LogP contribution in [0.1, 0.15) is 5.56 Å². The van der Waals surface area contributed by atoms with Crippen molar-refractivity contribution in [3.05, 3.63) is 35.6 Å². The summed E-state index contributed by atoms with van der Waals surface area (Å²) in [4.78, 5) is 9.76. The minimum atomic E-state index is -0.218. The molecule has 0 aliphatic rings. The molecule has 0 saturated carbocycles. The van der Waals surface area contributed by atoms with E-state index in [1.807, 2.05) is 0 Å². The van der Waals surface area contributed by atoms with Crippen molar-refractivity contribution in [3.63, 3.8) is 0 Å². The van der Waals surface area contributed by atoms with Crippen LogP contribution in [-0.2, 0) is 16.1 Å². The summed E-state index contributed by atoms with van der Waals surface area (Å²) in [5, 5.41) is 1.36. The average molecular weight is 199 g/mol. The fourth-order valence-electron chi connectivity index (χ4n) is 1.13. The van der Waals surface area contributed by atoms with Crippen molar-refractivity contribution >= 4 is 0 Å². The van der Waals surface area contributed by atoms with Gasteiger partial charge in [0.15, 0.2) is 0 Å². The Bertz CT molecular complexity index is 259. The SMILES string of the molecule is CON(CCc1ccc(F)cc1)OC. The molecule has 78 valence electrons. The lowest BCUT2D eigenvalue weighted by Crippen LogP contribution is -2.23. The van der Waals surface area contributed by atoms with E-state index in [1.165, 1.54) is 31.6 Å². The van der Waals surface area contributed by atoms with Gasteiger partial charge in [0.05, 0.1) is 20.8 Å². The number of halogens is 1. The van der Waals surface area contributed by atoms with E-state index in [9.17, 15) is 4.39 Å². The van der Waals surface area contributed by atoms with Gasteiger partial charge >= 0.3 is 0 Å². The van der Waals surface area contributed by atoms with Gasteiger partial charge in [-0.3, -0.25) is 9.68 Å². The number of hydrogen-bond donors (Lipinski definition) is 0. The van der Waals surface area contributed by atoms with Gasteiger partial charge in [0.2, 0.25) is 0 Å². The summed E-state index contributed by atoms with van der Waals surface area (Å²) in [7, 11) is 3.07. The van der Waals surface area contributed by atoms with Gasteiger partial charge in [0.1, 0.15) is 5.82 Å². The van der Waals surface area contributed by atoms with E-state index in [0.717, 1.165) is 12.0 Å². The lowest BCUT2D eigenvalue weighted by atomic mass is 10.1. The Morgan fingerprint density at radius 3 is 2.21 bits per heavy atom. The number of rotatable bonds is 5. The van der Waals surface area contributed by atoms with E-state index < -0.39 is 0 Å². The van der Waals surface area contributed by atoms with Crippen LogP contribution < -0.4 is 0 Å². The molecule has 1 rings (SSSR count). The van der Waals surface area contributed by atoms with Crippen LogP contribution in [0.3, 0.4) is 0 Å². The highest BCUT2D eigenvalue weighted by molar-refractivity contribution is 5.16. The molecule has 0 aliphatic carbocycles. The monoisotopic (exact) mass is 199 g/mol. The third kappa shape index (κ3) is 3.41. The van der Waals surface area contributed by atoms with E-state index in [0.29, 0.717) is 6.54 Å². The average Bonchev–Trinajstić information content (AvgIpc) is 2.22. The lowest BCUT2D eigenvalue weighted by molar-refractivity contribution is -0.341. The van der Waals surface area contributed by atoms with Gasteiger partial charge in [0.25, 0.3) is 0 Å². The number of hydroxylamine groups is 2. The molecule has 4 heteroatoms. The molecule has 0 radical (unpaired) electrons. The normalized spacial score (nSPS) is 10.9. The fourth-order valence-corrected chi connectivity index (χ4v) is 1.13. The van der Waals surface area contributed by atoms with Gasteiger partial charge in [0, 0.05) is 0 Å². The highest BCUT2D eigenvalue weighted by Gasteiger charge is 2.01. The first kappa shape index (κ1) is 11.1. The third-order valence-corrected chi connectivity index (χ3v) is 1.90. The van der Waals surface area contributed by atoms with Crippen molar-refractivity contribution in [3.8, 4) is 0 Å². The summed E-state index contributed by atoms with van der Waals surface area (Å²) in [6.45, 7) is 0.610. The Balaban J connectivity index is 2.41. The van der Waals surface area contributed by atoms with Crippen LogP contribution in [0.2, 0.25) is 0 Å². The topological polar surface area (TPSA) is 21.7 Å². The molecule has 0 heterocycles. The van der Waals surface area contributed by atoms with Gasteiger partial charge in [-0.05, 0) is 24.1 Å². The molecule has 0 fully saturated rings. The van der Waals surface area contributed by atoms with E-state index in [-0.39, 0.29) is 5.82 Å². The summed E-state index contributed by atoms with van der Waals surface area (Å²) in [6.07, 6.45) is 0.752. The maximum atomic E-state index is 12.6. The van der Waals surface area contributed by atoms with E-state index in [2.05, 4.69) is 0 Å². The molecule has 0 saturated heterocycles. The Kier molecular flexibility index (Phi) is 4.52. The summed E-state index contributed by atoms with van der Waals surface area (Å²) in [5.41, 5.74) is 1.05. The highest BCUT2D eigenvalue weighted by Crippen LogP contribution is 2.04. The highest BCUT2D eigenvalue weighted by atomic mass is 19.1. The smallest absolute Gasteiger partial charge is 0.123 e. The van der Waals surface area contributed by atoms with E-state index in [4.69, 9.17) is 9.68 Å². The molecule has 0 aliphatic heterocycles. The molecule has 0 unspecified atom stereocenters. The number of nitrogens with zero attached hydrogens (tertiary/aromatic N) is 1. The molecule has 0 amide bonds. The number of hydrogen-bond acceptors (Lipinski definition) is 3. The van der Waals surface area contributed by atoms with Crippen LogP contribution in [0.4, 0.5) is 4.39 Å². The van der Waals surface area contributed by atoms with E-state index >= 15 is 0 Å². The van der Waals surface area contributed by atoms with Crippen LogP contribution in [-0.4, -0.2) is 26.0 Å². The van der Waals surface area contributed by atoms with Gasteiger partial charge in [-0.2, -0.15) is 0 Å². The predicted octanol–water partition coefficient (Wildman–Crippen LogP) is 1.79. The van der Waals surface area contributed by atoms with E-state index in [1.54, 1.807) is 12.1 Å². The van der Waals surface area contributed by atoms with Crippen molar-refractivity contribution in [1.82, 2.24) is 5.23 Å². The lowest BCUT2D eigenvalue weighted by Gasteiger charge is -2.15. The molecular weight excluding hydrogens is 185 g/mol. The maximum absolute atomic E-state index is 12.6. The first-order valence-electron chi connectivity index (χ1n) is 4.36. The largest absolute Gasteiger partial charge is 0.278 e. The second kappa shape index (κ2) is 5.70. The van der Waals surface area contributed by atoms with Crippen molar-refractivity contribution in [2.24, 2.45) is 0 Å². The summed E-state index contributed by atoms with van der Waals surface area (Å²) in [5.74, 6) is -0.218. The molecule has 0 spiro atoms. The Morgan fingerprint density at radius 2 is 1.71 bits per heavy atom. The van der Waals surface area contributed by atoms with Crippen LogP contribution >= 0.6 is 0 Å². The minimum absolute atomic E-state index is 0.218. The Morgan fingerprint density at radius 1 is 1.14 bits per heavy atom. The zero-order valence-electron chi connectivity index (χ0n) is 8.37. The van der Waals surface area contributed by atoms with Crippen molar-refractivity contribution in [2.45, 2.75) is 6.42 Å². The Labute approximate surface area is 83.0 Å². The maximum Gasteiger partial charge on any atom is 0.123 e. The van der Waals surface area contributed by atoms with Crippen LogP contribution in [0.25, 0.3) is 0 Å². The molecular formula is C10H14FNO2. The van der Waals surface area contributed by atoms with Crippen LogP contribution in [0, 0.1) is 5.82 Å². The fraction of sp³-hybridized carbons (Fsp3) is 0.400. The predicted molar refractivity (Wildman–Crippen MR) is 50.8 cm³/mol. The first-order valence-corrected chi connectivity index (χ1v) is 4.36. The molecule has 1 aromatic carbocycles. The second-order valence-corrected chi connectivity index (χ2v) is 2.80. The van der Waals surface area contributed by atoms with Crippen molar-refractivity contribution < 1.29 is 14.1 Å². The summed E-state index contributed by atoms with van der Waals surface area (Å²) >= 11 is 0. The van der Waals surface area contributed by atoms with Gasteiger partial charge in [-0.15, -0.1) is 0 Å². The van der Waals surface area contributed by atoms with Crippen molar-refractivity contribution in [1.29, 1.82) is 0 Å². The minimum Gasteiger partial charge on any atom is -0.278 e. The number of benzene rings is 1. The molecule has 0 bridgehead atoms. The molecule has 1 aromatic rings. The molecule has 3 nitrogen and oxygen atoms in total. The molecule has 0 N–H and O–H groups in total. The standard InChI is InChI=1S/C10H14FNO2/c1-13-12(14-2)8-7-9-3-5-10(11)6-4-9/h3-6H,7-8H2,1-2H3. The zero-order chi connectivity index (χ0) is 10.4. The quantitative estimate of drug-likeness (QED) is 0.675. The van der Waals surface area contributed by atoms with Crippen LogP contribution in [0.15, 0.2) is 24.3 Å². The van der Waals surface area contributed by atoms with Gasteiger partial charge in [-0.1, -0.05) is 17.4 Å². The van der Waals surface area contributed by atoms with Crippen molar-refractivity contribution in [2.75, 3.05) is 20.8 Å². The summed E-state index contributed by atoms with van der Waals surface area (Å²) in [6, 6.07) is 6.39. The summed E-state index contributed by atoms with van der Waals surface area (Å²) < 4.78 is 12.6. The first-order chi connectivity index (χ1) is 6.76. The molecule has 0 aromatic heterocycles. The molecule has 14 heavy (non-hydrogen) atoms. The van der Waals surface area contributed by atoms with Crippen LogP contribution in [0.5, 0.6) is 0 Å². The second-order valence-electron chi connectivity index (χ2n) is 2.80. The zero-order valence-corrected chi connectivity index (χ0v) is 8.37. The van der Waals surface area contributed by atoms with Gasteiger partial charge < -0.3 is 0 Å². The Hall–Kier alpha value is -0.970. The third-order valence-electron chi connectivity index (χ3n) is 1.90. The molecule has 0 atom stereocenters.